The first-order valence-corrected chi connectivity index (χ1v) is 8.07. The summed E-state index contributed by atoms with van der Waals surface area (Å²) in [5, 5.41) is 13.7. The fraction of sp³-hybridized carbons (Fsp3) is 0.100. The minimum atomic E-state index is -0.455. The summed E-state index contributed by atoms with van der Waals surface area (Å²) in [6.45, 7) is 0.396. The Morgan fingerprint density at radius 3 is 2.64 bits per heavy atom. The molecule has 0 unspecified atom stereocenters. The van der Waals surface area contributed by atoms with Crippen LogP contribution in [0.5, 0.6) is 5.75 Å². The highest BCUT2D eigenvalue weighted by molar-refractivity contribution is 6.01. The van der Waals surface area contributed by atoms with Crippen molar-refractivity contribution in [3.05, 3.63) is 89.7 Å². The number of hydrogen-bond acceptors (Lipinski definition) is 4. The molecule has 1 amide bonds. The van der Waals surface area contributed by atoms with Crippen LogP contribution in [-0.4, -0.2) is 20.9 Å². The van der Waals surface area contributed by atoms with Gasteiger partial charge < -0.3 is 15.3 Å². The molecule has 2 heterocycles. The third kappa shape index (κ3) is 2.80. The molecule has 0 aliphatic carbocycles. The lowest BCUT2D eigenvalue weighted by Gasteiger charge is -2.38. The van der Waals surface area contributed by atoms with E-state index in [0.29, 0.717) is 17.7 Å². The van der Waals surface area contributed by atoms with Crippen molar-refractivity contribution in [1.82, 2.24) is 9.88 Å². The molecule has 0 spiro atoms. The van der Waals surface area contributed by atoms with E-state index in [4.69, 9.17) is 0 Å². The van der Waals surface area contributed by atoms with Gasteiger partial charge in [-0.25, -0.2) is 0 Å². The average molecular weight is 331 g/mol. The van der Waals surface area contributed by atoms with Gasteiger partial charge in [0.1, 0.15) is 11.9 Å². The molecule has 0 saturated heterocycles. The quantitative estimate of drug-likeness (QED) is 0.770. The molecule has 1 aliphatic heterocycles. The van der Waals surface area contributed by atoms with Crippen molar-refractivity contribution in [3.63, 3.8) is 0 Å². The first-order valence-electron chi connectivity index (χ1n) is 8.07. The van der Waals surface area contributed by atoms with Crippen molar-refractivity contribution < 1.29 is 9.90 Å². The second kappa shape index (κ2) is 6.28. The smallest absolute Gasteiger partial charge is 0.258 e. The predicted octanol–water partition coefficient (Wildman–Crippen LogP) is 3.55. The maximum absolute atomic E-state index is 13.1. The first-order chi connectivity index (χ1) is 12.2. The van der Waals surface area contributed by atoms with Crippen molar-refractivity contribution in [3.8, 4) is 5.75 Å². The van der Waals surface area contributed by atoms with Crippen LogP contribution in [0, 0.1) is 0 Å². The Kier molecular flexibility index (Phi) is 3.82. The largest absolute Gasteiger partial charge is 0.508 e. The fourth-order valence-electron chi connectivity index (χ4n) is 3.11. The van der Waals surface area contributed by atoms with Gasteiger partial charge in [-0.05, 0) is 29.8 Å². The lowest BCUT2D eigenvalue weighted by Crippen LogP contribution is -2.42. The maximum Gasteiger partial charge on any atom is 0.258 e. The van der Waals surface area contributed by atoms with Crippen LogP contribution in [0.1, 0.15) is 27.7 Å². The zero-order valence-corrected chi connectivity index (χ0v) is 13.5. The topological polar surface area (TPSA) is 65.5 Å². The van der Waals surface area contributed by atoms with E-state index >= 15 is 0 Å². The molecular weight excluding hydrogens is 314 g/mol. The molecule has 4 rings (SSSR count). The number of pyridine rings is 1. The monoisotopic (exact) mass is 331 g/mol. The van der Waals surface area contributed by atoms with Gasteiger partial charge >= 0.3 is 0 Å². The summed E-state index contributed by atoms with van der Waals surface area (Å²) in [6, 6.07) is 18.3. The van der Waals surface area contributed by atoms with Crippen LogP contribution in [0.15, 0.2) is 73.1 Å². The van der Waals surface area contributed by atoms with Crippen molar-refractivity contribution in [2.45, 2.75) is 12.7 Å². The highest BCUT2D eigenvalue weighted by Gasteiger charge is 2.33. The molecule has 3 aromatic rings. The van der Waals surface area contributed by atoms with Crippen LogP contribution in [-0.2, 0) is 6.54 Å². The molecule has 0 bridgehead atoms. The number of carbonyl (C=O) groups is 1. The Bertz CT molecular complexity index is 912. The number of anilines is 1. The summed E-state index contributed by atoms with van der Waals surface area (Å²) in [7, 11) is 0. The second-order valence-corrected chi connectivity index (χ2v) is 5.95. The molecule has 0 fully saturated rings. The van der Waals surface area contributed by atoms with Crippen LogP contribution in [0.4, 0.5) is 5.69 Å². The van der Waals surface area contributed by atoms with Crippen LogP contribution >= 0.6 is 0 Å². The number of aromatic hydroxyl groups is 1. The van der Waals surface area contributed by atoms with Gasteiger partial charge in [-0.1, -0.05) is 36.4 Å². The van der Waals surface area contributed by atoms with Gasteiger partial charge in [0.15, 0.2) is 0 Å². The molecule has 1 aliphatic rings. The van der Waals surface area contributed by atoms with Gasteiger partial charge in [0.25, 0.3) is 5.91 Å². The minimum absolute atomic E-state index is 0.0774. The Morgan fingerprint density at radius 2 is 1.84 bits per heavy atom. The zero-order valence-electron chi connectivity index (χ0n) is 13.5. The van der Waals surface area contributed by atoms with Gasteiger partial charge in [-0.3, -0.25) is 9.78 Å². The third-order valence-electron chi connectivity index (χ3n) is 4.33. The van der Waals surface area contributed by atoms with Crippen molar-refractivity contribution in [1.29, 1.82) is 0 Å². The molecule has 124 valence electrons. The summed E-state index contributed by atoms with van der Waals surface area (Å²) in [6.07, 6.45) is 2.99. The summed E-state index contributed by atoms with van der Waals surface area (Å²) >= 11 is 0. The van der Waals surface area contributed by atoms with Crippen molar-refractivity contribution in [2.24, 2.45) is 0 Å². The van der Waals surface area contributed by atoms with Crippen LogP contribution in [0.25, 0.3) is 0 Å². The zero-order chi connectivity index (χ0) is 17.2. The Balaban J connectivity index is 1.79. The maximum atomic E-state index is 13.1. The van der Waals surface area contributed by atoms with Crippen molar-refractivity contribution >= 4 is 11.6 Å². The third-order valence-corrected chi connectivity index (χ3v) is 4.33. The standard InChI is InChI=1S/C20H17N3O2/c24-18-10-4-2-8-16(18)19-22-17-9-3-1-7-15(17)20(25)23(19)13-14-6-5-11-21-12-14/h1-12,19,22,24H,13H2/t19-/m1/s1. The van der Waals surface area contributed by atoms with E-state index in [9.17, 15) is 9.90 Å². The number of para-hydroxylation sites is 2. The number of nitrogens with one attached hydrogen (secondary N) is 1. The summed E-state index contributed by atoms with van der Waals surface area (Å²) < 4.78 is 0. The SMILES string of the molecule is O=C1c2ccccc2N[C@@H](c2ccccc2O)N1Cc1cccnc1. The lowest BCUT2D eigenvalue weighted by atomic mass is 10.0. The van der Waals surface area contributed by atoms with Gasteiger partial charge in [0, 0.05) is 30.2 Å². The Labute approximate surface area is 145 Å². The molecule has 25 heavy (non-hydrogen) atoms. The number of amides is 1. The lowest BCUT2D eigenvalue weighted by molar-refractivity contribution is 0.0664. The minimum Gasteiger partial charge on any atom is -0.508 e. The molecule has 2 N–H and O–H groups in total. The predicted molar refractivity (Wildman–Crippen MR) is 95.0 cm³/mol. The number of nitrogens with zero attached hydrogens (tertiary/aromatic N) is 2. The molecule has 5 nitrogen and oxygen atoms in total. The Hall–Kier alpha value is -3.34. The van der Waals surface area contributed by atoms with Crippen LogP contribution in [0.3, 0.4) is 0 Å². The molecule has 0 radical (unpaired) electrons. The number of hydrogen-bond donors (Lipinski definition) is 2. The van der Waals surface area contributed by atoms with Crippen LogP contribution < -0.4 is 5.32 Å². The molecule has 1 aromatic heterocycles. The van der Waals surface area contributed by atoms with Gasteiger partial charge in [-0.2, -0.15) is 0 Å². The van der Waals surface area contributed by atoms with E-state index in [1.165, 1.54) is 0 Å². The van der Waals surface area contributed by atoms with E-state index in [2.05, 4.69) is 10.3 Å². The molecule has 2 aromatic carbocycles. The van der Waals surface area contributed by atoms with Gasteiger partial charge in [0.2, 0.25) is 0 Å². The summed E-state index contributed by atoms with van der Waals surface area (Å²) in [5.74, 6) is 0.0785. The van der Waals surface area contributed by atoms with Gasteiger partial charge in [0.05, 0.1) is 5.56 Å². The molecule has 0 saturated carbocycles. The molecule has 1 atom stereocenters. The number of rotatable bonds is 3. The van der Waals surface area contributed by atoms with E-state index in [1.54, 1.807) is 29.4 Å². The number of aromatic nitrogens is 1. The number of carbonyl (C=O) groups excluding carboxylic acids is 1. The molecular formula is C20H17N3O2. The molecule has 5 heteroatoms. The van der Waals surface area contributed by atoms with E-state index in [-0.39, 0.29) is 11.7 Å². The summed E-state index contributed by atoms with van der Waals surface area (Å²) in [4.78, 5) is 18.9. The second-order valence-electron chi connectivity index (χ2n) is 5.95. The normalized spacial score (nSPS) is 16.2. The number of phenols is 1. The number of benzene rings is 2. The fourth-order valence-corrected chi connectivity index (χ4v) is 3.11. The van der Waals surface area contributed by atoms with Crippen LogP contribution in [0.2, 0.25) is 0 Å². The number of phenolic OH excluding ortho intramolecular Hbond substituents is 1. The van der Waals surface area contributed by atoms with Crippen molar-refractivity contribution in [2.75, 3.05) is 5.32 Å². The first kappa shape index (κ1) is 15.2. The highest BCUT2D eigenvalue weighted by Crippen LogP contribution is 2.36. The Morgan fingerprint density at radius 1 is 1.04 bits per heavy atom. The highest BCUT2D eigenvalue weighted by atomic mass is 16.3. The number of fused-ring (bicyclic) bond motifs is 1. The van der Waals surface area contributed by atoms with E-state index in [1.807, 2.05) is 48.5 Å². The summed E-state index contributed by atoms with van der Waals surface area (Å²) in [5.41, 5.74) is 2.98. The van der Waals surface area contributed by atoms with E-state index < -0.39 is 6.17 Å². The average Bonchev–Trinajstić information content (AvgIpc) is 2.65. The van der Waals surface area contributed by atoms with E-state index in [0.717, 1.165) is 11.3 Å². The van der Waals surface area contributed by atoms with Gasteiger partial charge in [-0.15, -0.1) is 0 Å².